The van der Waals surface area contributed by atoms with E-state index in [2.05, 4.69) is 11.1 Å². The third-order valence-electron chi connectivity index (χ3n) is 5.43. The Balaban J connectivity index is 1.36. The minimum atomic E-state index is -0.363. The number of ketones is 2. The molecule has 0 bridgehead atoms. The molecule has 3 aromatic carbocycles. The molecule has 2 heterocycles. The number of carbonyl (C=O) groups is 2. The lowest BCUT2D eigenvalue weighted by molar-refractivity contribution is 0.0990. The largest absolute Gasteiger partial charge is 0.435 e. The lowest BCUT2D eigenvalue weighted by Gasteiger charge is -1.99. The zero-order valence-electron chi connectivity index (χ0n) is 16.2. The Morgan fingerprint density at radius 3 is 2.22 bits per heavy atom. The molecule has 0 radical (unpaired) electrons. The van der Waals surface area contributed by atoms with Crippen molar-refractivity contribution < 1.29 is 14.0 Å². The van der Waals surface area contributed by atoms with Gasteiger partial charge >= 0.3 is 0 Å². The van der Waals surface area contributed by atoms with Gasteiger partial charge in [0.05, 0.1) is 15.6 Å². The Labute approximate surface area is 195 Å². The summed E-state index contributed by atoms with van der Waals surface area (Å²) in [6.45, 7) is 0. The zero-order valence-corrected chi connectivity index (χ0v) is 18.5. The lowest BCUT2D eigenvalue weighted by Crippen LogP contribution is -1.99. The van der Waals surface area contributed by atoms with Crippen LogP contribution in [0.5, 0.6) is 0 Å². The summed E-state index contributed by atoms with van der Waals surface area (Å²) in [5.74, 6) is -0.197. The van der Waals surface area contributed by atoms with Gasteiger partial charge in [0.25, 0.3) is 0 Å². The van der Waals surface area contributed by atoms with E-state index in [9.17, 15) is 9.59 Å². The van der Waals surface area contributed by atoms with Gasteiger partial charge < -0.3 is 4.42 Å². The van der Waals surface area contributed by atoms with Gasteiger partial charge in [-0.2, -0.15) is 4.98 Å². The molecule has 6 rings (SSSR count). The van der Waals surface area contributed by atoms with E-state index >= 15 is 0 Å². The first-order valence-corrected chi connectivity index (χ1v) is 11.2. The van der Waals surface area contributed by atoms with Crippen molar-refractivity contribution in [1.82, 2.24) is 4.98 Å². The van der Waals surface area contributed by atoms with Gasteiger partial charge in [0, 0.05) is 27.6 Å². The molecule has 4 nitrogen and oxygen atoms in total. The van der Waals surface area contributed by atoms with E-state index in [0.29, 0.717) is 21.2 Å². The number of fused-ring (bicyclic) bond motifs is 3. The van der Waals surface area contributed by atoms with E-state index in [1.165, 1.54) is 23.5 Å². The van der Waals surface area contributed by atoms with Gasteiger partial charge in [0.15, 0.2) is 22.0 Å². The number of aromatic nitrogens is 1. The topological polar surface area (TPSA) is 60.2 Å². The first kappa shape index (κ1) is 19.4. The van der Waals surface area contributed by atoms with E-state index in [1.54, 1.807) is 12.1 Å². The number of benzene rings is 3. The predicted molar refractivity (Wildman–Crippen MR) is 128 cm³/mol. The number of nitrogens with zero attached hydrogens (tertiary/aromatic N) is 1. The van der Waals surface area contributed by atoms with Crippen LogP contribution in [0.25, 0.3) is 38.7 Å². The Hall–Kier alpha value is -3.25. The van der Waals surface area contributed by atoms with Crippen LogP contribution in [0, 0.1) is 0 Å². The maximum atomic E-state index is 12.7. The molecule has 7 heteroatoms. The predicted octanol–water partition coefficient (Wildman–Crippen LogP) is 7.48. The van der Waals surface area contributed by atoms with E-state index in [0.717, 1.165) is 16.3 Å². The molecule has 1 aliphatic rings. The highest BCUT2D eigenvalue weighted by molar-refractivity contribution is 7.19. The van der Waals surface area contributed by atoms with Crippen LogP contribution in [0.4, 0.5) is 0 Å². The molecule has 0 saturated heterocycles. The molecule has 0 saturated carbocycles. The highest BCUT2D eigenvalue weighted by Crippen LogP contribution is 2.36. The van der Waals surface area contributed by atoms with Gasteiger partial charge in [-0.25, -0.2) is 0 Å². The normalized spacial score (nSPS) is 13.4. The molecule has 0 fully saturated rings. The first-order valence-electron chi connectivity index (χ1n) is 9.67. The molecule has 2 aromatic heterocycles. The monoisotopic (exact) mass is 475 g/mol. The second-order valence-corrected chi connectivity index (χ2v) is 9.30. The van der Waals surface area contributed by atoms with Gasteiger partial charge in [-0.3, -0.25) is 9.59 Å². The number of hydrogen-bond donors (Lipinski definition) is 0. The molecule has 0 unspecified atom stereocenters. The van der Waals surface area contributed by atoms with Crippen LogP contribution in [0.1, 0.15) is 25.6 Å². The SMILES string of the molecule is O=C1C(=Cc2cc3oc(-c4ccc5ccccc5c4)nc3s2)C(=O)c2cc(Cl)c(Cl)cc21. The number of rotatable bonds is 2. The molecule has 0 atom stereocenters. The van der Waals surface area contributed by atoms with E-state index in [-0.39, 0.29) is 38.3 Å². The molecule has 0 N–H and O–H groups in total. The Kier molecular flexibility index (Phi) is 4.33. The van der Waals surface area contributed by atoms with Crippen molar-refractivity contribution in [2.75, 3.05) is 0 Å². The number of Topliss-reactive ketones (excluding diaryl/α,β-unsaturated/α-hetero) is 2. The van der Waals surface area contributed by atoms with Gasteiger partial charge in [0.1, 0.15) is 0 Å². The van der Waals surface area contributed by atoms with Crippen LogP contribution in [0.2, 0.25) is 10.0 Å². The van der Waals surface area contributed by atoms with Crippen molar-refractivity contribution in [2.45, 2.75) is 0 Å². The van der Waals surface area contributed by atoms with E-state index in [4.69, 9.17) is 27.6 Å². The van der Waals surface area contributed by atoms with Crippen molar-refractivity contribution >= 4 is 73.4 Å². The third-order valence-corrected chi connectivity index (χ3v) is 7.11. The van der Waals surface area contributed by atoms with Gasteiger partial charge in [-0.1, -0.05) is 53.5 Å². The number of allylic oxidation sites excluding steroid dienone is 1. The van der Waals surface area contributed by atoms with Crippen molar-refractivity contribution in [3.63, 3.8) is 0 Å². The van der Waals surface area contributed by atoms with Gasteiger partial charge in [-0.05, 0) is 41.1 Å². The summed E-state index contributed by atoms with van der Waals surface area (Å²) in [4.78, 5) is 31.5. The maximum Gasteiger partial charge on any atom is 0.228 e. The average molecular weight is 476 g/mol. The van der Waals surface area contributed by atoms with Crippen molar-refractivity contribution in [2.24, 2.45) is 0 Å². The van der Waals surface area contributed by atoms with Crippen LogP contribution >= 0.6 is 34.5 Å². The van der Waals surface area contributed by atoms with Crippen LogP contribution in [-0.4, -0.2) is 16.6 Å². The summed E-state index contributed by atoms with van der Waals surface area (Å²) < 4.78 is 5.96. The Morgan fingerprint density at radius 1 is 0.844 bits per heavy atom. The smallest absolute Gasteiger partial charge is 0.228 e. The second kappa shape index (κ2) is 7.14. The quantitative estimate of drug-likeness (QED) is 0.196. The number of thiophene rings is 1. The molecular weight excluding hydrogens is 465 g/mol. The standard InChI is InChI=1S/C25H11Cl2NO3S/c26-19-10-16-17(11-20(19)27)23(30)18(22(16)29)8-15-9-21-25(32-15)28-24(31-21)14-6-5-12-3-1-2-4-13(12)7-14/h1-11H. The van der Waals surface area contributed by atoms with Crippen LogP contribution in [0.3, 0.4) is 0 Å². The molecule has 32 heavy (non-hydrogen) atoms. The molecule has 1 aliphatic carbocycles. The Morgan fingerprint density at radius 2 is 1.53 bits per heavy atom. The van der Waals surface area contributed by atoms with Crippen LogP contribution in [0.15, 0.2) is 70.7 Å². The summed E-state index contributed by atoms with van der Waals surface area (Å²) in [6.07, 6.45) is 1.57. The van der Waals surface area contributed by atoms with Crippen LogP contribution < -0.4 is 0 Å². The fraction of sp³-hybridized carbons (Fsp3) is 0. The van der Waals surface area contributed by atoms with E-state index < -0.39 is 0 Å². The highest BCUT2D eigenvalue weighted by Gasteiger charge is 2.34. The van der Waals surface area contributed by atoms with Crippen LogP contribution in [-0.2, 0) is 0 Å². The second-order valence-electron chi connectivity index (χ2n) is 7.43. The van der Waals surface area contributed by atoms with Crippen molar-refractivity contribution in [3.05, 3.63) is 92.3 Å². The van der Waals surface area contributed by atoms with E-state index in [1.807, 2.05) is 36.4 Å². The molecule has 154 valence electrons. The third kappa shape index (κ3) is 3.01. The first-order chi connectivity index (χ1) is 15.5. The summed E-state index contributed by atoms with van der Waals surface area (Å²) in [6, 6.07) is 18.8. The summed E-state index contributed by atoms with van der Waals surface area (Å²) in [5, 5.41) is 2.74. The van der Waals surface area contributed by atoms with Crippen molar-refractivity contribution in [1.29, 1.82) is 0 Å². The number of halogens is 2. The average Bonchev–Trinajstić information content (AvgIpc) is 3.42. The summed E-state index contributed by atoms with van der Waals surface area (Å²) >= 11 is 13.4. The molecule has 0 amide bonds. The summed E-state index contributed by atoms with van der Waals surface area (Å²) in [5.41, 5.74) is 2.11. The highest BCUT2D eigenvalue weighted by atomic mass is 35.5. The molecule has 0 aliphatic heterocycles. The summed E-state index contributed by atoms with van der Waals surface area (Å²) in [7, 11) is 0. The fourth-order valence-corrected chi connectivity index (χ4v) is 5.08. The maximum absolute atomic E-state index is 12.7. The van der Waals surface area contributed by atoms with Gasteiger partial charge in [0.2, 0.25) is 5.89 Å². The van der Waals surface area contributed by atoms with Crippen molar-refractivity contribution in [3.8, 4) is 11.5 Å². The number of carbonyl (C=O) groups excluding carboxylic acids is 2. The molecule has 0 spiro atoms. The molecule has 5 aromatic rings. The lowest BCUT2D eigenvalue weighted by atomic mass is 10.1. The molecular formula is C25H11Cl2NO3S. The number of hydrogen-bond acceptors (Lipinski definition) is 5. The van der Waals surface area contributed by atoms with Gasteiger partial charge in [-0.15, -0.1) is 11.3 Å². The number of oxazole rings is 1. The minimum Gasteiger partial charge on any atom is -0.435 e. The fourth-order valence-electron chi connectivity index (χ4n) is 3.86. The minimum absolute atomic E-state index is 0.0805. The Bertz CT molecular complexity index is 1570. The zero-order chi connectivity index (χ0) is 22.0.